The number of nitrogens with zero attached hydrogens (tertiary/aromatic N) is 2. The molecule has 0 saturated carbocycles. The number of halogens is 1. The molecular weight excluding hydrogens is 416 g/mol. The lowest BCUT2D eigenvalue weighted by Gasteiger charge is -2.33. The van der Waals surface area contributed by atoms with Gasteiger partial charge in [-0.05, 0) is 30.7 Å². The second-order valence-corrected chi connectivity index (χ2v) is 8.43. The Kier molecular flexibility index (Phi) is 7.33. The molecule has 1 saturated heterocycles. The van der Waals surface area contributed by atoms with Crippen molar-refractivity contribution in [2.45, 2.75) is 18.4 Å². The molecule has 9 heteroatoms. The van der Waals surface area contributed by atoms with Crippen molar-refractivity contribution in [3.63, 3.8) is 0 Å². The van der Waals surface area contributed by atoms with Crippen LogP contribution in [0, 0.1) is 0 Å². The van der Waals surface area contributed by atoms with E-state index in [2.05, 4.69) is 0 Å². The third-order valence-corrected chi connectivity index (χ3v) is 6.15. The van der Waals surface area contributed by atoms with Crippen molar-refractivity contribution in [2.24, 2.45) is 0 Å². The van der Waals surface area contributed by atoms with Gasteiger partial charge < -0.3 is 19.0 Å². The van der Waals surface area contributed by atoms with Gasteiger partial charge in [0.1, 0.15) is 5.76 Å². The summed E-state index contributed by atoms with van der Waals surface area (Å²) < 4.78 is 23.0. The molecule has 0 aliphatic carbocycles. The van der Waals surface area contributed by atoms with Crippen LogP contribution in [-0.2, 0) is 27.0 Å². The zero-order chi connectivity index (χ0) is 20.8. The summed E-state index contributed by atoms with van der Waals surface area (Å²) in [5.41, 5.74) is 0.815. The standard InChI is InChI=1S/C20H23ClN2O5S/c1-2-27-20(25)23-11-9-22(10-12-23)19(24)18-8-7-16(28-18)14-29(26)13-15-5-3-4-6-17(15)21/h3-8H,2,9-14H2,1H3/t29-/m1/s1. The van der Waals surface area contributed by atoms with Crippen LogP contribution in [0.15, 0.2) is 40.8 Å². The van der Waals surface area contributed by atoms with Crippen LogP contribution < -0.4 is 0 Å². The van der Waals surface area contributed by atoms with Crippen molar-refractivity contribution < 1.29 is 23.0 Å². The van der Waals surface area contributed by atoms with Crippen LogP contribution in [0.25, 0.3) is 0 Å². The summed E-state index contributed by atoms with van der Waals surface area (Å²) in [6.45, 7) is 3.73. The van der Waals surface area contributed by atoms with E-state index >= 15 is 0 Å². The first-order chi connectivity index (χ1) is 14.0. The molecule has 0 spiro atoms. The van der Waals surface area contributed by atoms with E-state index < -0.39 is 10.8 Å². The summed E-state index contributed by atoms with van der Waals surface area (Å²) in [5.74, 6) is 0.981. The lowest BCUT2D eigenvalue weighted by Crippen LogP contribution is -2.50. The second-order valence-electron chi connectivity index (χ2n) is 6.56. The zero-order valence-electron chi connectivity index (χ0n) is 16.1. The van der Waals surface area contributed by atoms with Crippen molar-refractivity contribution in [1.82, 2.24) is 9.80 Å². The molecule has 3 rings (SSSR count). The fourth-order valence-electron chi connectivity index (χ4n) is 3.03. The molecule has 1 fully saturated rings. The molecule has 1 aliphatic rings. The van der Waals surface area contributed by atoms with Crippen molar-refractivity contribution in [1.29, 1.82) is 0 Å². The average molecular weight is 439 g/mol. The maximum Gasteiger partial charge on any atom is 0.409 e. The van der Waals surface area contributed by atoms with Crippen molar-refractivity contribution >= 4 is 34.4 Å². The fraction of sp³-hybridized carbons (Fsp3) is 0.400. The summed E-state index contributed by atoms with van der Waals surface area (Å²) in [4.78, 5) is 27.6. The van der Waals surface area contributed by atoms with Gasteiger partial charge in [-0.1, -0.05) is 29.8 Å². The smallest absolute Gasteiger partial charge is 0.409 e. The van der Waals surface area contributed by atoms with Gasteiger partial charge in [0.25, 0.3) is 5.91 Å². The predicted octanol–water partition coefficient (Wildman–Crippen LogP) is 3.30. The highest BCUT2D eigenvalue weighted by Crippen LogP contribution is 2.19. The van der Waals surface area contributed by atoms with E-state index in [1.54, 1.807) is 34.9 Å². The first-order valence-electron chi connectivity index (χ1n) is 9.36. The number of hydrogen-bond donors (Lipinski definition) is 0. The maximum absolute atomic E-state index is 12.6. The van der Waals surface area contributed by atoms with Crippen LogP contribution in [-0.4, -0.2) is 58.8 Å². The highest BCUT2D eigenvalue weighted by atomic mass is 35.5. The number of benzene rings is 1. The molecule has 0 radical (unpaired) electrons. The van der Waals surface area contributed by atoms with Crippen LogP contribution in [0.2, 0.25) is 5.02 Å². The average Bonchev–Trinajstić information content (AvgIpc) is 3.18. The van der Waals surface area contributed by atoms with Gasteiger partial charge in [-0.15, -0.1) is 0 Å². The Bertz CT molecular complexity index is 893. The Balaban J connectivity index is 1.53. The molecule has 1 aromatic heterocycles. The highest BCUT2D eigenvalue weighted by Gasteiger charge is 2.27. The number of furan rings is 1. The van der Waals surface area contributed by atoms with Gasteiger partial charge in [-0.2, -0.15) is 0 Å². The lowest BCUT2D eigenvalue weighted by atomic mass is 10.2. The van der Waals surface area contributed by atoms with E-state index in [4.69, 9.17) is 20.8 Å². The highest BCUT2D eigenvalue weighted by molar-refractivity contribution is 7.83. The number of carbonyl (C=O) groups is 2. The van der Waals surface area contributed by atoms with E-state index in [9.17, 15) is 13.8 Å². The number of ether oxygens (including phenoxy) is 1. The minimum absolute atomic E-state index is 0.204. The molecule has 7 nitrogen and oxygen atoms in total. The van der Waals surface area contributed by atoms with Gasteiger partial charge in [0.2, 0.25) is 0 Å². The molecule has 1 aromatic carbocycles. The number of rotatable bonds is 6. The van der Waals surface area contributed by atoms with E-state index in [-0.39, 0.29) is 23.5 Å². The number of amides is 2. The molecule has 1 atom stereocenters. The Morgan fingerprint density at radius 1 is 1.07 bits per heavy atom. The predicted molar refractivity (Wildman–Crippen MR) is 110 cm³/mol. The largest absolute Gasteiger partial charge is 0.455 e. The minimum atomic E-state index is -1.21. The number of piperazine rings is 1. The molecular formula is C20H23ClN2O5S. The quantitative estimate of drug-likeness (QED) is 0.691. The summed E-state index contributed by atoms with van der Waals surface area (Å²) in [6, 6.07) is 10.6. The first-order valence-corrected chi connectivity index (χ1v) is 11.2. The van der Waals surface area contributed by atoms with Crippen LogP contribution in [0.4, 0.5) is 4.79 Å². The molecule has 0 N–H and O–H groups in total. The number of carbonyl (C=O) groups excluding carboxylic acids is 2. The van der Waals surface area contributed by atoms with Gasteiger partial charge in [-0.25, -0.2) is 4.79 Å². The molecule has 2 aromatic rings. The fourth-order valence-corrected chi connectivity index (χ4v) is 4.49. The Morgan fingerprint density at radius 3 is 2.45 bits per heavy atom. The monoisotopic (exact) mass is 438 g/mol. The van der Waals surface area contributed by atoms with Gasteiger partial charge in [0.15, 0.2) is 5.76 Å². The third-order valence-electron chi connectivity index (χ3n) is 4.54. The summed E-state index contributed by atoms with van der Waals surface area (Å²) in [6.07, 6.45) is -0.360. The number of hydrogen-bond acceptors (Lipinski definition) is 5. The van der Waals surface area contributed by atoms with Crippen LogP contribution in [0.5, 0.6) is 0 Å². The Labute approximate surface area is 177 Å². The van der Waals surface area contributed by atoms with Gasteiger partial charge >= 0.3 is 6.09 Å². The summed E-state index contributed by atoms with van der Waals surface area (Å²) in [5, 5.41) is 0.582. The molecule has 1 aliphatic heterocycles. The SMILES string of the molecule is CCOC(=O)N1CCN(C(=O)c2ccc(C[S@](=O)Cc3ccccc3Cl)o2)CC1. The van der Waals surface area contributed by atoms with E-state index in [0.29, 0.717) is 49.3 Å². The Morgan fingerprint density at radius 2 is 1.76 bits per heavy atom. The van der Waals surface area contributed by atoms with E-state index in [1.165, 1.54) is 0 Å². The van der Waals surface area contributed by atoms with E-state index in [1.807, 2.05) is 18.2 Å². The lowest BCUT2D eigenvalue weighted by molar-refractivity contribution is 0.0545. The van der Waals surface area contributed by atoms with Crippen LogP contribution in [0.3, 0.4) is 0 Å². The molecule has 156 valence electrons. The van der Waals surface area contributed by atoms with Gasteiger partial charge in [-0.3, -0.25) is 9.00 Å². The first kappa shape index (κ1) is 21.4. The molecule has 0 bridgehead atoms. The zero-order valence-corrected chi connectivity index (χ0v) is 17.7. The molecule has 2 heterocycles. The van der Waals surface area contributed by atoms with Crippen molar-refractivity contribution in [3.8, 4) is 0 Å². The van der Waals surface area contributed by atoms with Crippen molar-refractivity contribution in [2.75, 3.05) is 32.8 Å². The minimum Gasteiger partial charge on any atom is -0.455 e. The summed E-state index contributed by atoms with van der Waals surface area (Å²) in [7, 11) is -1.21. The topological polar surface area (TPSA) is 80.1 Å². The third kappa shape index (κ3) is 5.61. The van der Waals surface area contributed by atoms with Crippen LogP contribution >= 0.6 is 11.6 Å². The molecule has 29 heavy (non-hydrogen) atoms. The Hall–Kier alpha value is -2.32. The van der Waals surface area contributed by atoms with Crippen molar-refractivity contribution in [3.05, 3.63) is 58.5 Å². The maximum atomic E-state index is 12.6. The molecule has 0 unspecified atom stereocenters. The molecule has 2 amide bonds. The van der Waals surface area contributed by atoms with Gasteiger partial charge in [0.05, 0.1) is 18.1 Å². The second kappa shape index (κ2) is 9.93. The summed E-state index contributed by atoms with van der Waals surface area (Å²) >= 11 is 6.11. The normalized spacial score (nSPS) is 15.2. The van der Waals surface area contributed by atoms with E-state index in [0.717, 1.165) is 5.56 Å². The van der Waals surface area contributed by atoms with Gasteiger partial charge in [0, 0.05) is 42.0 Å². The van der Waals surface area contributed by atoms with Crippen LogP contribution in [0.1, 0.15) is 28.8 Å².